The zero-order valence-electron chi connectivity index (χ0n) is 13.8. The lowest BCUT2D eigenvalue weighted by Gasteiger charge is -2.28. The van der Waals surface area contributed by atoms with Gasteiger partial charge in [0.2, 0.25) is 0 Å². The number of hydrogen-bond acceptors (Lipinski definition) is 2. The highest BCUT2D eigenvalue weighted by molar-refractivity contribution is 6.11. The molecule has 2 aromatic rings. The summed E-state index contributed by atoms with van der Waals surface area (Å²) in [6.45, 7) is 3.86. The van der Waals surface area contributed by atoms with Crippen molar-refractivity contribution in [2.45, 2.75) is 26.3 Å². The molecule has 0 aliphatic carbocycles. The predicted octanol–water partition coefficient (Wildman–Crippen LogP) is 3.76. The van der Waals surface area contributed by atoms with Gasteiger partial charge in [0, 0.05) is 16.8 Å². The van der Waals surface area contributed by atoms with Crippen LogP contribution in [0, 0.1) is 0 Å². The Labute approximate surface area is 141 Å². The Bertz CT molecular complexity index is 792. The second kappa shape index (κ2) is 6.71. The van der Waals surface area contributed by atoms with Gasteiger partial charge >= 0.3 is 6.03 Å². The molecule has 0 radical (unpaired) electrons. The molecule has 1 aliphatic rings. The van der Waals surface area contributed by atoms with E-state index >= 15 is 0 Å². The van der Waals surface area contributed by atoms with Gasteiger partial charge in [-0.2, -0.15) is 0 Å². The van der Waals surface area contributed by atoms with Gasteiger partial charge in [0.25, 0.3) is 0 Å². The van der Waals surface area contributed by atoms with Crippen LogP contribution < -0.4 is 10.6 Å². The smallest absolute Gasteiger partial charge is 0.319 e. The Morgan fingerprint density at radius 3 is 2.33 bits per heavy atom. The molecule has 0 bridgehead atoms. The lowest BCUT2D eigenvalue weighted by Crippen LogP contribution is -2.45. The Balaban J connectivity index is 2.03. The summed E-state index contributed by atoms with van der Waals surface area (Å²) in [7, 11) is 0. The van der Waals surface area contributed by atoms with Crippen LogP contribution in [0.2, 0.25) is 0 Å². The SMILES string of the molecule is CCc1ccc(C2NC(=O)NC(C)=C2C(=O)c2ccccc2)cc1. The van der Waals surface area contributed by atoms with Crippen LogP contribution in [0.25, 0.3) is 0 Å². The Kier molecular flexibility index (Phi) is 4.47. The van der Waals surface area contributed by atoms with E-state index in [2.05, 4.69) is 17.6 Å². The lowest BCUT2D eigenvalue weighted by atomic mass is 9.89. The summed E-state index contributed by atoms with van der Waals surface area (Å²) in [6.07, 6.45) is 0.948. The third-order valence-corrected chi connectivity index (χ3v) is 4.27. The van der Waals surface area contributed by atoms with Crippen LogP contribution in [0.5, 0.6) is 0 Å². The Morgan fingerprint density at radius 2 is 1.71 bits per heavy atom. The van der Waals surface area contributed by atoms with Crippen molar-refractivity contribution < 1.29 is 9.59 Å². The molecule has 0 fully saturated rings. The van der Waals surface area contributed by atoms with E-state index in [9.17, 15) is 9.59 Å². The van der Waals surface area contributed by atoms with Crippen LogP contribution in [-0.4, -0.2) is 11.8 Å². The average Bonchev–Trinajstić information content (AvgIpc) is 2.61. The third kappa shape index (κ3) is 3.08. The van der Waals surface area contributed by atoms with Gasteiger partial charge in [-0.1, -0.05) is 61.5 Å². The van der Waals surface area contributed by atoms with Crippen molar-refractivity contribution in [3.05, 3.63) is 82.6 Å². The van der Waals surface area contributed by atoms with Gasteiger partial charge in [-0.25, -0.2) is 4.79 Å². The van der Waals surface area contributed by atoms with Crippen LogP contribution >= 0.6 is 0 Å². The van der Waals surface area contributed by atoms with Crippen molar-refractivity contribution in [2.24, 2.45) is 0 Å². The van der Waals surface area contributed by atoms with E-state index < -0.39 is 6.04 Å². The molecule has 2 amide bonds. The summed E-state index contributed by atoms with van der Waals surface area (Å²) in [5.74, 6) is -0.0785. The number of amides is 2. The normalized spacial score (nSPS) is 17.2. The number of nitrogens with one attached hydrogen (secondary N) is 2. The molecule has 3 rings (SSSR count). The standard InChI is InChI=1S/C20H20N2O2/c1-3-14-9-11-15(12-10-14)18-17(13(2)21-20(24)22-18)19(23)16-7-5-4-6-8-16/h4-12,18H,3H2,1-2H3,(H2,21,22,24). The summed E-state index contributed by atoms with van der Waals surface area (Å²) < 4.78 is 0. The molecule has 24 heavy (non-hydrogen) atoms. The monoisotopic (exact) mass is 320 g/mol. The molecule has 1 aliphatic heterocycles. The van der Waals surface area contributed by atoms with E-state index in [0.717, 1.165) is 12.0 Å². The number of carbonyl (C=O) groups excluding carboxylic acids is 2. The second-order valence-corrected chi connectivity index (χ2v) is 5.86. The molecule has 2 N–H and O–H groups in total. The first-order valence-corrected chi connectivity index (χ1v) is 8.07. The molecular weight excluding hydrogens is 300 g/mol. The van der Waals surface area contributed by atoms with Gasteiger partial charge in [0.05, 0.1) is 6.04 Å². The average molecular weight is 320 g/mol. The summed E-state index contributed by atoms with van der Waals surface area (Å²) in [5.41, 5.74) is 3.90. The van der Waals surface area contributed by atoms with Gasteiger partial charge in [0.15, 0.2) is 5.78 Å². The molecule has 4 nitrogen and oxygen atoms in total. The van der Waals surface area contributed by atoms with E-state index in [-0.39, 0.29) is 11.8 Å². The van der Waals surface area contributed by atoms with Gasteiger partial charge in [0.1, 0.15) is 0 Å². The molecule has 0 saturated carbocycles. The van der Waals surface area contributed by atoms with Crippen LogP contribution in [0.4, 0.5) is 4.79 Å². The minimum absolute atomic E-state index is 0.0785. The first kappa shape index (κ1) is 16.0. The molecule has 1 unspecified atom stereocenters. The van der Waals surface area contributed by atoms with Crippen LogP contribution in [0.1, 0.15) is 41.4 Å². The highest BCUT2D eigenvalue weighted by Crippen LogP contribution is 2.29. The minimum atomic E-state index is -0.447. The second-order valence-electron chi connectivity index (χ2n) is 5.86. The van der Waals surface area contributed by atoms with Crippen molar-refractivity contribution in [1.82, 2.24) is 10.6 Å². The van der Waals surface area contributed by atoms with Crippen molar-refractivity contribution >= 4 is 11.8 Å². The van der Waals surface area contributed by atoms with Gasteiger partial charge in [-0.05, 0) is 24.5 Å². The number of allylic oxidation sites excluding steroid dienone is 1. The van der Waals surface area contributed by atoms with E-state index in [1.165, 1.54) is 5.56 Å². The summed E-state index contributed by atoms with van der Waals surface area (Å²) in [4.78, 5) is 24.9. The highest BCUT2D eigenvalue weighted by Gasteiger charge is 2.31. The molecule has 0 aromatic heterocycles. The zero-order valence-corrected chi connectivity index (χ0v) is 13.8. The first-order chi connectivity index (χ1) is 11.6. The van der Waals surface area contributed by atoms with E-state index in [4.69, 9.17) is 0 Å². The van der Waals surface area contributed by atoms with Crippen molar-refractivity contribution in [3.63, 3.8) is 0 Å². The maximum absolute atomic E-state index is 13.0. The molecule has 0 saturated heterocycles. The molecule has 1 atom stereocenters. The third-order valence-electron chi connectivity index (χ3n) is 4.27. The van der Waals surface area contributed by atoms with E-state index in [1.54, 1.807) is 19.1 Å². The maximum atomic E-state index is 13.0. The lowest BCUT2D eigenvalue weighted by molar-refractivity contribution is 0.102. The molecule has 1 heterocycles. The van der Waals surface area contributed by atoms with E-state index in [0.29, 0.717) is 16.8 Å². The zero-order chi connectivity index (χ0) is 17.1. The molecular formula is C20H20N2O2. The predicted molar refractivity (Wildman–Crippen MR) is 93.7 cm³/mol. The van der Waals surface area contributed by atoms with Gasteiger partial charge in [-0.3, -0.25) is 4.79 Å². The summed E-state index contributed by atoms with van der Waals surface area (Å²) in [6, 6.07) is 16.4. The van der Waals surface area contributed by atoms with Gasteiger partial charge in [-0.15, -0.1) is 0 Å². The Hall–Kier alpha value is -2.88. The number of urea groups is 1. The Morgan fingerprint density at radius 1 is 1.04 bits per heavy atom. The number of carbonyl (C=O) groups is 2. The van der Waals surface area contributed by atoms with E-state index in [1.807, 2.05) is 42.5 Å². The topological polar surface area (TPSA) is 58.2 Å². The molecule has 0 spiro atoms. The quantitative estimate of drug-likeness (QED) is 0.843. The van der Waals surface area contributed by atoms with Crippen molar-refractivity contribution in [2.75, 3.05) is 0 Å². The maximum Gasteiger partial charge on any atom is 0.319 e. The molecule has 4 heteroatoms. The van der Waals surface area contributed by atoms with Crippen molar-refractivity contribution in [1.29, 1.82) is 0 Å². The fourth-order valence-corrected chi connectivity index (χ4v) is 2.94. The van der Waals surface area contributed by atoms with Crippen molar-refractivity contribution in [3.8, 4) is 0 Å². The summed E-state index contributed by atoms with van der Waals surface area (Å²) >= 11 is 0. The number of rotatable bonds is 4. The number of ketones is 1. The first-order valence-electron chi connectivity index (χ1n) is 8.07. The number of benzene rings is 2. The van der Waals surface area contributed by atoms with Crippen LogP contribution in [0.3, 0.4) is 0 Å². The fraction of sp³-hybridized carbons (Fsp3) is 0.200. The minimum Gasteiger partial charge on any atom is -0.327 e. The summed E-state index contributed by atoms with van der Waals surface area (Å²) in [5, 5.41) is 5.58. The molecule has 2 aromatic carbocycles. The molecule has 122 valence electrons. The number of Topliss-reactive ketones (excluding diaryl/α,β-unsaturated/α-hetero) is 1. The highest BCUT2D eigenvalue weighted by atomic mass is 16.2. The van der Waals surface area contributed by atoms with Crippen LogP contribution in [-0.2, 0) is 6.42 Å². The fourth-order valence-electron chi connectivity index (χ4n) is 2.94. The number of hydrogen-bond donors (Lipinski definition) is 2. The number of aryl methyl sites for hydroxylation is 1. The van der Waals surface area contributed by atoms with Gasteiger partial charge < -0.3 is 10.6 Å². The van der Waals surface area contributed by atoms with Crippen LogP contribution in [0.15, 0.2) is 65.9 Å². The largest absolute Gasteiger partial charge is 0.327 e.